The summed E-state index contributed by atoms with van der Waals surface area (Å²) in [7, 11) is 0. The van der Waals surface area contributed by atoms with Gasteiger partial charge in [0.2, 0.25) is 0 Å². The Morgan fingerprint density at radius 2 is 0.867 bits per heavy atom. The number of hydrogen-bond donors (Lipinski definition) is 0. The first-order valence-corrected chi connectivity index (χ1v) is 4.83. The molecule has 0 unspecified atom stereocenters. The van der Waals surface area contributed by atoms with Gasteiger partial charge in [-0.1, -0.05) is 71.2 Å². The lowest BCUT2D eigenvalue weighted by Gasteiger charge is -2.28. The van der Waals surface area contributed by atoms with Crippen molar-refractivity contribution in [1.82, 2.24) is 0 Å². The van der Waals surface area contributed by atoms with Crippen molar-refractivity contribution in [2.45, 2.75) is 84.1 Å². The van der Waals surface area contributed by atoms with Crippen LogP contribution in [0.15, 0.2) is 0 Å². The van der Waals surface area contributed by atoms with Gasteiger partial charge in [0.1, 0.15) is 0 Å². The van der Waals surface area contributed by atoms with E-state index in [-0.39, 0.29) is 29.7 Å². The van der Waals surface area contributed by atoms with Gasteiger partial charge in [0.15, 0.2) is 0 Å². The van der Waals surface area contributed by atoms with E-state index in [0.717, 1.165) is 11.8 Å². The molecule has 0 spiro atoms. The van der Waals surface area contributed by atoms with E-state index in [9.17, 15) is 0 Å². The van der Waals surface area contributed by atoms with Gasteiger partial charge in [-0.3, -0.25) is 0 Å². The van der Waals surface area contributed by atoms with Gasteiger partial charge in [-0.05, 0) is 30.1 Å². The average Bonchev–Trinajstić information content (AvgIpc) is 1.53. The summed E-state index contributed by atoms with van der Waals surface area (Å²) in [5.74, 6) is 1.67. The second-order valence-corrected chi connectivity index (χ2v) is 5.36. The second kappa shape index (κ2) is 12.1. The lowest BCUT2D eigenvalue weighted by molar-refractivity contribution is 0.233. The molecule has 0 fully saturated rings. The Labute approximate surface area is 102 Å². The highest BCUT2D eigenvalue weighted by atomic mass is 14.3. The third-order valence-electron chi connectivity index (χ3n) is 1.92. The molecule has 0 nitrogen and oxygen atoms in total. The molecule has 0 saturated heterocycles. The molecule has 0 aromatic rings. The molecule has 0 amide bonds. The van der Waals surface area contributed by atoms with E-state index in [2.05, 4.69) is 41.5 Å². The highest BCUT2D eigenvalue weighted by molar-refractivity contribution is 4.71. The largest absolute Gasteiger partial charge is 0.0776 e. The second-order valence-electron chi connectivity index (χ2n) is 5.36. The molecular formula is C15H40. The maximum absolute atomic E-state index is 2.38. The molecular weight excluding hydrogens is 180 g/mol. The fourth-order valence-electron chi connectivity index (χ4n) is 2.29. The fraction of sp³-hybridized carbons (Fsp3) is 1.00. The van der Waals surface area contributed by atoms with Crippen molar-refractivity contribution in [1.29, 1.82) is 0 Å². The molecule has 0 heterocycles. The molecule has 15 heavy (non-hydrogen) atoms. The predicted molar refractivity (Wildman–Crippen MR) is 79.6 cm³/mol. The van der Waals surface area contributed by atoms with Crippen LogP contribution in [-0.4, -0.2) is 0 Å². The third-order valence-corrected chi connectivity index (χ3v) is 1.92. The lowest BCUT2D eigenvalue weighted by Crippen LogP contribution is -2.16. The Kier molecular flexibility index (Phi) is 23.7. The van der Waals surface area contributed by atoms with Crippen LogP contribution in [0, 0.1) is 17.3 Å². The molecule has 0 aromatic carbocycles. The highest BCUT2D eigenvalue weighted by Crippen LogP contribution is 2.31. The van der Waals surface area contributed by atoms with Gasteiger partial charge < -0.3 is 0 Å². The molecule has 0 aliphatic carbocycles. The standard InChI is InChI=1S/C11H24.4CH4/c1-9(2)7-11(5,6)8-10(3)4;;;;/h9-10H,7-8H2,1-6H3;4*1H4. The summed E-state index contributed by atoms with van der Waals surface area (Å²) in [6, 6.07) is 0. The van der Waals surface area contributed by atoms with Gasteiger partial charge in [0.05, 0.1) is 0 Å². The molecule has 0 bridgehead atoms. The summed E-state index contributed by atoms with van der Waals surface area (Å²) in [6.45, 7) is 14.0. The van der Waals surface area contributed by atoms with Gasteiger partial charge in [0, 0.05) is 0 Å². The van der Waals surface area contributed by atoms with E-state index in [1.54, 1.807) is 0 Å². The maximum Gasteiger partial charge on any atom is -0.0349 e. The Balaban J connectivity index is -0.0000000833. The summed E-state index contributed by atoms with van der Waals surface area (Å²) in [6.07, 6.45) is 2.70. The monoisotopic (exact) mass is 220 g/mol. The van der Waals surface area contributed by atoms with Crippen molar-refractivity contribution in [3.8, 4) is 0 Å². The molecule has 0 rings (SSSR count). The molecule has 0 atom stereocenters. The maximum atomic E-state index is 2.38. The summed E-state index contributed by atoms with van der Waals surface area (Å²) in [4.78, 5) is 0. The fourth-order valence-corrected chi connectivity index (χ4v) is 2.29. The minimum Gasteiger partial charge on any atom is -0.0776 e. The molecule has 0 N–H and O–H groups in total. The minimum atomic E-state index is 0. The van der Waals surface area contributed by atoms with E-state index in [4.69, 9.17) is 0 Å². The zero-order valence-electron chi connectivity index (χ0n) is 9.07. The zero-order chi connectivity index (χ0) is 9.07. The smallest absolute Gasteiger partial charge is 0.0349 e. The van der Waals surface area contributed by atoms with Crippen LogP contribution in [0.5, 0.6) is 0 Å². The van der Waals surface area contributed by atoms with Crippen molar-refractivity contribution in [2.75, 3.05) is 0 Å². The van der Waals surface area contributed by atoms with Crippen molar-refractivity contribution < 1.29 is 0 Å². The van der Waals surface area contributed by atoms with Crippen molar-refractivity contribution in [3.05, 3.63) is 0 Å². The first-order chi connectivity index (χ1) is 4.83. The molecule has 0 saturated carbocycles. The van der Waals surface area contributed by atoms with Crippen LogP contribution in [0.2, 0.25) is 0 Å². The van der Waals surface area contributed by atoms with Crippen LogP contribution in [0.25, 0.3) is 0 Å². The summed E-state index contributed by atoms with van der Waals surface area (Å²) < 4.78 is 0. The van der Waals surface area contributed by atoms with Crippen LogP contribution in [0.3, 0.4) is 0 Å². The van der Waals surface area contributed by atoms with E-state index >= 15 is 0 Å². The molecule has 0 aliphatic rings. The Hall–Kier alpha value is 0. The molecule has 0 aliphatic heterocycles. The summed E-state index contributed by atoms with van der Waals surface area (Å²) in [5, 5.41) is 0. The number of rotatable bonds is 4. The molecule has 100 valence electrons. The topological polar surface area (TPSA) is 0 Å². The van der Waals surface area contributed by atoms with Gasteiger partial charge >= 0.3 is 0 Å². The van der Waals surface area contributed by atoms with E-state index < -0.39 is 0 Å². The van der Waals surface area contributed by atoms with Gasteiger partial charge in [0.25, 0.3) is 0 Å². The van der Waals surface area contributed by atoms with Gasteiger partial charge in [-0.15, -0.1) is 0 Å². The SMILES string of the molecule is C.C.C.C.CC(C)CC(C)(C)CC(C)C. The van der Waals surface area contributed by atoms with E-state index in [1.807, 2.05) is 0 Å². The predicted octanol–water partition coefficient (Wildman–Crippen LogP) is 6.65. The van der Waals surface area contributed by atoms with Crippen LogP contribution >= 0.6 is 0 Å². The highest BCUT2D eigenvalue weighted by Gasteiger charge is 2.20. The Morgan fingerprint density at radius 3 is 1.00 bits per heavy atom. The van der Waals surface area contributed by atoms with Crippen LogP contribution < -0.4 is 0 Å². The molecule has 0 heteroatoms. The van der Waals surface area contributed by atoms with E-state index in [0.29, 0.717) is 5.41 Å². The summed E-state index contributed by atoms with van der Waals surface area (Å²) >= 11 is 0. The van der Waals surface area contributed by atoms with Gasteiger partial charge in [-0.2, -0.15) is 0 Å². The minimum absolute atomic E-state index is 0. The normalized spacial score (nSPS) is 9.60. The first kappa shape index (κ1) is 29.4. The number of hydrogen-bond acceptors (Lipinski definition) is 0. The van der Waals surface area contributed by atoms with Crippen LogP contribution in [0.4, 0.5) is 0 Å². The Morgan fingerprint density at radius 1 is 0.667 bits per heavy atom. The quantitative estimate of drug-likeness (QED) is 0.497. The zero-order valence-corrected chi connectivity index (χ0v) is 9.07. The third kappa shape index (κ3) is 20.2. The summed E-state index contributed by atoms with van der Waals surface area (Å²) in [5.41, 5.74) is 0.544. The lowest BCUT2D eigenvalue weighted by atomic mass is 9.78. The van der Waals surface area contributed by atoms with Crippen molar-refractivity contribution in [2.24, 2.45) is 17.3 Å². The van der Waals surface area contributed by atoms with Crippen LogP contribution in [-0.2, 0) is 0 Å². The molecule has 0 aromatic heterocycles. The average molecular weight is 220 g/mol. The Bertz CT molecular complexity index is 86.6. The van der Waals surface area contributed by atoms with Gasteiger partial charge in [-0.25, -0.2) is 0 Å². The van der Waals surface area contributed by atoms with Crippen molar-refractivity contribution >= 4 is 0 Å². The first-order valence-electron chi connectivity index (χ1n) is 4.83. The van der Waals surface area contributed by atoms with E-state index in [1.165, 1.54) is 12.8 Å². The molecule has 0 radical (unpaired) electrons. The van der Waals surface area contributed by atoms with Crippen LogP contribution in [0.1, 0.15) is 84.1 Å². The van der Waals surface area contributed by atoms with Crippen molar-refractivity contribution in [3.63, 3.8) is 0 Å².